The third kappa shape index (κ3) is 2.87. The molecule has 0 saturated heterocycles. The maximum Gasteiger partial charge on any atom is 0.290 e. The highest BCUT2D eigenvalue weighted by atomic mass is 35.5. The summed E-state index contributed by atoms with van der Waals surface area (Å²) in [5, 5.41) is 13.7. The summed E-state index contributed by atoms with van der Waals surface area (Å²) in [6, 6.07) is 20.4. The number of hydrogen-bond donors (Lipinski definition) is 0. The number of benzene rings is 2. The second-order valence-electron chi connectivity index (χ2n) is 4.94. The molecule has 3 rings (SSSR count). The Bertz CT molecular complexity index is 914. The predicted molar refractivity (Wildman–Crippen MR) is 88.7 cm³/mol. The largest absolute Gasteiger partial charge is 0.290 e. The van der Waals surface area contributed by atoms with E-state index in [1.54, 1.807) is 12.1 Å². The first-order valence-corrected chi connectivity index (χ1v) is 7.38. The van der Waals surface area contributed by atoms with Crippen LogP contribution in [0.3, 0.4) is 0 Å². The predicted octanol–water partition coefficient (Wildman–Crippen LogP) is 3.54. The molecule has 112 valence electrons. The van der Waals surface area contributed by atoms with Crippen LogP contribution in [0.2, 0.25) is 5.02 Å². The van der Waals surface area contributed by atoms with Gasteiger partial charge in [0.25, 0.3) is 5.56 Å². The fourth-order valence-corrected chi connectivity index (χ4v) is 2.61. The monoisotopic (exact) mass is 321 g/mol. The standard InChI is InChI=1S/C18H12ClN3O/c19-17-16(15(11-20)13-7-3-1-4-8-13)12-21-22(18(17)23)14-9-5-2-6-10-14/h1-10,12,15H/t15-/m0/s1. The van der Waals surface area contributed by atoms with Crippen molar-refractivity contribution < 1.29 is 0 Å². The van der Waals surface area contributed by atoms with Crippen molar-refractivity contribution in [1.82, 2.24) is 9.78 Å². The molecule has 2 aromatic carbocycles. The average molecular weight is 322 g/mol. The summed E-state index contributed by atoms with van der Waals surface area (Å²) in [6.45, 7) is 0. The number of para-hydroxylation sites is 1. The second-order valence-corrected chi connectivity index (χ2v) is 5.32. The lowest BCUT2D eigenvalue weighted by Gasteiger charge is -2.12. The third-order valence-electron chi connectivity index (χ3n) is 3.52. The zero-order valence-corrected chi connectivity index (χ0v) is 12.8. The van der Waals surface area contributed by atoms with Crippen LogP contribution in [-0.2, 0) is 0 Å². The van der Waals surface area contributed by atoms with Crippen LogP contribution in [0.5, 0.6) is 0 Å². The van der Waals surface area contributed by atoms with E-state index in [0.29, 0.717) is 11.3 Å². The molecule has 0 amide bonds. The molecule has 0 N–H and O–H groups in total. The molecule has 0 aliphatic heterocycles. The van der Waals surface area contributed by atoms with Gasteiger partial charge in [-0.3, -0.25) is 4.79 Å². The lowest BCUT2D eigenvalue weighted by molar-refractivity contribution is 0.790. The SMILES string of the molecule is N#C[C@@H](c1ccccc1)c1cnn(-c2ccccc2)c(=O)c1Cl. The summed E-state index contributed by atoms with van der Waals surface area (Å²) in [6.07, 6.45) is 1.48. The molecule has 3 aromatic rings. The van der Waals surface area contributed by atoms with Crippen LogP contribution >= 0.6 is 11.6 Å². The third-order valence-corrected chi connectivity index (χ3v) is 3.90. The smallest absolute Gasteiger partial charge is 0.266 e. The minimum atomic E-state index is -0.630. The van der Waals surface area contributed by atoms with E-state index in [2.05, 4.69) is 11.2 Å². The van der Waals surface area contributed by atoms with E-state index in [1.807, 2.05) is 48.5 Å². The summed E-state index contributed by atoms with van der Waals surface area (Å²) in [5.41, 5.74) is 1.37. The molecule has 0 fully saturated rings. The number of nitrogens with zero attached hydrogens (tertiary/aromatic N) is 3. The maximum absolute atomic E-state index is 12.5. The van der Waals surface area contributed by atoms with Crippen molar-refractivity contribution in [3.8, 4) is 11.8 Å². The number of hydrogen-bond acceptors (Lipinski definition) is 3. The van der Waals surface area contributed by atoms with Crippen molar-refractivity contribution in [2.75, 3.05) is 0 Å². The summed E-state index contributed by atoms with van der Waals surface area (Å²) in [5.74, 6) is -0.630. The van der Waals surface area contributed by atoms with Gasteiger partial charge in [-0.05, 0) is 17.7 Å². The van der Waals surface area contributed by atoms with Crippen molar-refractivity contribution >= 4 is 11.6 Å². The van der Waals surface area contributed by atoms with Gasteiger partial charge in [0, 0.05) is 5.56 Å². The van der Waals surface area contributed by atoms with E-state index >= 15 is 0 Å². The normalized spacial score (nSPS) is 11.7. The van der Waals surface area contributed by atoms with Crippen LogP contribution in [0.1, 0.15) is 17.0 Å². The van der Waals surface area contributed by atoms with Gasteiger partial charge in [-0.2, -0.15) is 15.0 Å². The Labute approximate surface area is 138 Å². The summed E-state index contributed by atoms with van der Waals surface area (Å²) < 4.78 is 1.23. The van der Waals surface area contributed by atoms with Gasteiger partial charge in [0.05, 0.1) is 23.9 Å². The van der Waals surface area contributed by atoms with Gasteiger partial charge in [-0.25, -0.2) is 0 Å². The lowest BCUT2D eigenvalue weighted by Crippen LogP contribution is -2.23. The van der Waals surface area contributed by atoms with E-state index in [4.69, 9.17) is 11.6 Å². The zero-order chi connectivity index (χ0) is 16.2. The van der Waals surface area contributed by atoms with Gasteiger partial charge in [-0.1, -0.05) is 60.1 Å². The molecule has 1 aromatic heterocycles. The maximum atomic E-state index is 12.5. The van der Waals surface area contributed by atoms with Crippen molar-refractivity contribution in [2.45, 2.75) is 5.92 Å². The van der Waals surface area contributed by atoms with E-state index in [1.165, 1.54) is 10.9 Å². The minimum Gasteiger partial charge on any atom is -0.266 e. The van der Waals surface area contributed by atoms with Gasteiger partial charge in [0.15, 0.2) is 0 Å². The first-order chi connectivity index (χ1) is 11.2. The Kier molecular flexibility index (Phi) is 4.22. The van der Waals surface area contributed by atoms with Crippen LogP contribution in [0.4, 0.5) is 0 Å². The van der Waals surface area contributed by atoms with Crippen LogP contribution in [-0.4, -0.2) is 9.78 Å². The van der Waals surface area contributed by atoms with Crippen molar-refractivity contribution in [1.29, 1.82) is 5.26 Å². The lowest BCUT2D eigenvalue weighted by atomic mass is 9.94. The van der Waals surface area contributed by atoms with Crippen molar-refractivity contribution in [2.24, 2.45) is 0 Å². The molecule has 0 aliphatic carbocycles. The average Bonchev–Trinajstić information content (AvgIpc) is 2.61. The molecule has 0 spiro atoms. The van der Waals surface area contributed by atoms with Gasteiger partial charge >= 0.3 is 0 Å². The van der Waals surface area contributed by atoms with Crippen LogP contribution in [0.25, 0.3) is 5.69 Å². The fraction of sp³-hybridized carbons (Fsp3) is 0.0556. The highest BCUT2D eigenvalue weighted by molar-refractivity contribution is 6.31. The van der Waals surface area contributed by atoms with Crippen LogP contribution in [0.15, 0.2) is 71.7 Å². The van der Waals surface area contributed by atoms with Crippen molar-refractivity contribution in [3.63, 3.8) is 0 Å². The van der Waals surface area contributed by atoms with Gasteiger partial charge in [-0.15, -0.1) is 0 Å². The van der Waals surface area contributed by atoms with Gasteiger partial charge in [0.1, 0.15) is 5.02 Å². The molecule has 1 atom stereocenters. The molecule has 0 unspecified atom stereocenters. The Hall–Kier alpha value is -2.90. The molecular weight excluding hydrogens is 310 g/mol. The first-order valence-electron chi connectivity index (χ1n) is 7.00. The summed E-state index contributed by atoms with van der Waals surface area (Å²) in [7, 11) is 0. The molecule has 5 heteroatoms. The molecule has 0 bridgehead atoms. The molecule has 0 aliphatic rings. The van der Waals surface area contributed by atoms with Crippen LogP contribution in [0, 0.1) is 11.3 Å². The Morgan fingerprint density at radius 2 is 1.65 bits per heavy atom. The molecular formula is C18H12ClN3O. The Morgan fingerprint density at radius 1 is 1.04 bits per heavy atom. The first kappa shape index (κ1) is 15.0. The van der Waals surface area contributed by atoms with E-state index in [0.717, 1.165) is 5.56 Å². The van der Waals surface area contributed by atoms with Gasteiger partial charge < -0.3 is 0 Å². The fourth-order valence-electron chi connectivity index (χ4n) is 2.37. The number of nitriles is 1. The molecule has 0 saturated carbocycles. The number of rotatable bonds is 3. The molecule has 23 heavy (non-hydrogen) atoms. The molecule has 0 radical (unpaired) electrons. The molecule has 4 nitrogen and oxygen atoms in total. The van der Waals surface area contributed by atoms with Crippen molar-refractivity contribution in [3.05, 3.63) is 93.4 Å². The topological polar surface area (TPSA) is 58.7 Å². The Balaban J connectivity index is 2.11. The van der Waals surface area contributed by atoms with E-state index in [9.17, 15) is 10.1 Å². The summed E-state index contributed by atoms with van der Waals surface area (Å²) in [4.78, 5) is 12.5. The number of halogens is 1. The Morgan fingerprint density at radius 3 is 2.26 bits per heavy atom. The second kappa shape index (κ2) is 6.47. The number of aromatic nitrogens is 2. The highest BCUT2D eigenvalue weighted by Crippen LogP contribution is 2.27. The van der Waals surface area contributed by atoms with E-state index < -0.39 is 11.5 Å². The molecule has 1 heterocycles. The van der Waals surface area contributed by atoms with E-state index in [-0.39, 0.29) is 5.02 Å². The van der Waals surface area contributed by atoms with Gasteiger partial charge in [0.2, 0.25) is 0 Å². The zero-order valence-electron chi connectivity index (χ0n) is 12.1. The minimum absolute atomic E-state index is 0.0132. The quantitative estimate of drug-likeness (QED) is 0.741. The summed E-state index contributed by atoms with van der Waals surface area (Å²) >= 11 is 6.25. The highest BCUT2D eigenvalue weighted by Gasteiger charge is 2.20. The van der Waals surface area contributed by atoms with Crippen LogP contribution < -0.4 is 5.56 Å².